The Balaban J connectivity index is 1.52. The summed E-state index contributed by atoms with van der Waals surface area (Å²) in [6.07, 6.45) is 1.82. The molecule has 1 aliphatic heterocycles. The number of ether oxygens (including phenoxy) is 1. The van der Waals surface area contributed by atoms with Crippen molar-refractivity contribution in [2.45, 2.75) is 49.6 Å². The van der Waals surface area contributed by atoms with Gasteiger partial charge in [-0.2, -0.15) is 4.31 Å². The second-order valence-electron chi connectivity index (χ2n) is 6.99. The highest BCUT2D eigenvalue weighted by molar-refractivity contribution is 7.89. The van der Waals surface area contributed by atoms with Crippen LogP contribution in [0.1, 0.15) is 32.6 Å². The SMILES string of the molecule is C[C@@H](OC(=O)C1CCN(S(=O)(=O)c2ccc(Cl)cc2)CC1)C(=O)NC1CC1. The van der Waals surface area contributed by atoms with Crippen LogP contribution in [0.25, 0.3) is 0 Å². The number of sulfonamides is 1. The molecular weight excluding hydrogens is 392 g/mol. The number of benzene rings is 1. The lowest BCUT2D eigenvalue weighted by molar-refractivity contribution is -0.159. The van der Waals surface area contributed by atoms with Gasteiger partial charge in [0, 0.05) is 24.2 Å². The van der Waals surface area contributed by atoms with E-state index < -0.39 is 28.0 Å². The van der Waals surface area contributed by atoms with Crippen LogP contribution in [0.15, 0.2) is 29.2 Å². The summed E-state index contributed by atoms with van der Waals surface area (Å²) < 4.78 is 32.0. The highest BCUT2D eigenvalue weighted by atomic mass is 35.5. The molecule has 1 saturated carbocycles. The van der Waals surface area contributed by atoms with E-state index in [0.29, 0.717) is 17.9 Å². The van der Waals surface area contributed by atoms with Gasteiger partial charge >= 0.3 is 5.97 Å². The molecule has 1 aromatic carbocycles. The third-order valence-electron chi connectivity index (χ3n) is 4.82. The number of carbonyl (C=O) groups excluding carboxylic acids is 2. The largest absolute Gasteiger partial charge is 0.452 e. The first-order valence-corrected chi connectivity index (χ1v) is 10.9. The fourth-order valence-corrected chi connectivity index (χ4v) is 4.55. The molecule has 9 heteroatoms. The summed E-state index contributed by atoms with van der Waals surface area (Å²) in [6, 6.07) is 6.22. The number of esters is 1. The van der Waals surface area contributed by atoms with E-state index in [1.54, 1.807) is 6.92 Å². The van der Waals surface area contributed by atoms with Gasteiger partial charge in [-0.25, -0.2) is 8.42 Å². The number of halogens is 1. The Hall–Kier alpha value is -1.64. The van der Waals surface area contributed by atoms with Crippen molar-refractivity contribution < 1.29 is 22.7 Å². The van der Waals surface area contributed by atoms with Crippen molar-refractivity contribution in [2.75, 3.05) is 13.1 Å². The van der Waals surface area contributed by atoms with Crippen LogP contribution in [0.3, 0.4) is 0 Å². The summed E-state index contributed by atoms with van der Waals surface area (Å²) in [7, 11) is -3.61. The normalized spacial score (nSPS) is 20.1. The molecule has 1 N–H and O–H groups in total. The van der Waals surface area contributed by atoms with Crippen LogP contribution in [-0.2, 0) is 24.3 Å². The topological polar surface area (TPSA) is 92.8 Å². The molecular formula is C18H23ClN2O5S. The van der Waals surface area contributed by atoms with Crippen LogP contribution in [0.4, 0.5) is 0 Å². The molecule has 1 amide bonds. The summed E-state index contributed by atoms with van der Waals surface area (Å²) in [5.74, 6) is -1.14. The minimum Gasteiger partial charge on any atom is -0.452 e. The van der Waals surface area contributed by atoms with Crippen molar-refractivity contribution in [1.82, 2.24) is 9.62 Å². The zero-order chi connectivity index (χ0) is 19.6. The summed E-state index contributed by atoms with van der Waals surface area (Å²) in [6.45, 7) is 2.01. The summed E-state index contributed by atoms with van der Waals surface area (Å²) >= 11 is 5.81. The van der Waals surface area contributed by atoms with Crippen molar-refractivity contribution in [2.24, 2.45) is 5.92 Å². The second kappa shape index (κ2) is 8.16. The number of carbonyl (C=O) groups is 2. The molecule has 1 aromatic rings. The van der Waals surface area contributed by atoms with Crippen molar-refractivity contribution in [3.8, 4) is 0 Å². The van der Waals surface area contributed by atoms with Gasteiger partial charge in [0.15, 0.2) is 6.10 Å². The average molecular weight is 415 g/mol. The molecule has 148 valence electrons. The highest BCUT2D eigenvalue weighted by Gasteiger charge is 2.34. The number of hydrogen-bond acceptors (Lipinski definition) is 5. The van der Waals surface area contributed by atoms with Gasteiger partial charge in [0.05, 0.1) is 10.8 Å². The van der Waals surface area contributed by atoms with E-state index in [1.165, 1.54) is 28.6 Å². The molecule has 27 heavy (non-hydrogen) atoms. The lowest BCUT2D eigenvalue weighted by Crippen LogP contribution is -2.42. The van der Waals surface area contributed by atoms with Crippen LogP contribution in [0, 0.1) is 5.92 Å². The highest BCUT2D eigenvalue weighted by Crippen LogP contribution is 2.26. The minimum absolute atomic E-state index is 0.179. The zero-order valence-electron chi connectivity index (χ0n) is 15.1. The quantitative estimate of drug-likeness (QED) is 0.718. The molecule has 7 nitrogen and oxygen atoms in total. The Kier molecular flexibility index (Phi) is 6.08. The van der Waals surface area contributed by atoms with Gasteiger partial charge in [-0.15, -0.1) is 0 Å². The smallest absolute Gasteiger partial charge is 0.309 e. The fraction of sp³-hybridized carbons (Fsp3) is 0.556. The van der Waals surface area contributed by atoms with Gasteiger partial charge in [-0.3, -0.25) is 9.59 Å². The van der Waals surface area contributed by atoms with E-state index in [4.69, 9.17) is 16.3 Å². The summed E-state index contributed by atoms with van der Waals surface area (Å²) in [5, 5.41) is 3.27. The molecule has 0 unspecified atom stereocenters. The van der Waals surface area contributed by atoms with Crippen molar-refractivity contribution in [3.63, 3.8) is 0 Å². The van der Waals surface area contributed by atoms with Gasteiger partial charge in [-0.05, 0) is 56.9 Å². The molecule has 1 saturated heterocycles. The van der Waals surface area contributed by atoms with Gasteiger partial charge in [0.1, 0.15) is 0 Å². The Labute approximate surface area is 164 Å². The molecule has 3 rings (SSSR count). The number of nitrogens with one attached hydrogen (secondary N) is 1. The predicted octanol–water partition coefficient (Wildman–Crippen LogP) is 1.95. The Morgan fingerprint density at radius 1 is 1.15 bits per heavy atom. The maximum atomic E-state index is 12.7. The number of rotatable bonds is 6. The lowest BCUT2D eigenvalue weighted by Gasteiger charge is -2.30. The van der Waals surface area contributed by atoms with Crippen molar-refractivity contribution in [1.29, 1.82) is 0 Å². The molecule has 0 spiro atoms. The van der Waals surface area contributed by atoms with E-state index in [2.05, 4.69) is 5.32 Å². The van der Waals surface area contributed by atoms with E-state index in [0.717, 1.165) is 12.8 Å². The average Bonchev–Trinajstić information content (AvgIpc) is 3.46. The second-order valence-corrected chi connectivity index (χ2v) is 9.37. The van der Waals surface area contributed by atoms with Crippen LogP contribution < -0.4 is 5.32 Å². The van der Waals surface area contributed by atoms with E-state index >= 15 is 0 Å². The van der Waals surface area contributed by atoms with E-state index in [9.17, 15) is 18.0 Å². The minimum atomic E-state index is -3.61. The first-order valence-electron chi connectivity index (χ1n) is 9.04. The third-order valence-corrected chi connectivity index (χ3v) is 6.99. The molecule has 1 atom stereocenters. The summed E-state index contributed by atoms with van der Waals surface area (Å²) in [4.78, 5) is 24.4. The Morgan fingerprint density at radius 3 is 2.30 bits per heavy atom. The number of hydrogen-bond donors (Lipinski definition) is 1. The number of piperidine rings is 1. The van der Waals surface area contributed by atoms with Gasteiger partial charge in [0.2, 0.25) is 10.0 Å². The van der Waals surface area contributed by atoms with E-state index in [-0.39, 0.29) is 29.9 Å². The molecule has 1 aliphatic carbocycles. The van der Waals surface area contributed by atoms with Gasteiger partial charge in [-0.1, -0.05) is 11.6 Å². The fourth-order valence-electron chi connectivity index (χ4n) is 2.96. The maximum Gasteiger partial charge on any atom is 0.309 e. The van der Waals surface area contributed by atoms with Crippen LogP contribution in [-0.4, -0.2) is 49.8 Å². The zero-order valence-corrected chi connectivity index (χ0v) is 16.6. The Bertz CT molecular complexity index is 800. The van der Waals surface area contributed by atoms with E-state index in [1.807, 2.05) is 0 Å². The Morgan fingerprint density at radius 2 is 1.74 bits per heavy atom. The van der Waals surface area contributed by atoms with Crippen LogP contribution in [0.5, 0.6) is 0 Å². The standard InChI is InChI=1S/C18H23ClN2O5S/c1-12(17(22)20-15-4-5-15)26-18(23)13-8-10-21(11-9-13)27(24,25)16-6-2-14(19)3-7-16/h2-3,6-7,12-13,15H,4-5,8-11H2,1H3,(H,20,22)/t12-/m1/s1. The third kappa shape index (κ3) is 5.00. The molecule has 0 aromatic heterocycles. The van der Waals surface area contributed by atoms with Crippen LogP contribution in [0.2, 0.25) is 5.02 Å². The predicted molar refractivity (Wildman–Crippen MR) is 99.7 cm³/mol. The summed E-state index contributed by atoms with van der Waals surface area (Å²) in [5.41, 5.74) is 0. The first-order chi connectivity index (χ1) is 12.8. The first kappa shape index (κ1) is 20.1. The van der Waals surface area contributed by atoms with Gasteiger partial charge < -0.3 is 10.1 Å². The molecule has 0 bridgehead atoms. The van der Waals surface area contributed by atoms with Gasteiger partial charge in [0.25, 0.3) is 5.91 Å². The monoisotopic (exact) mass is 414 g/mol. The lowest BCUT2D eigenvalue weighted by atomic mass is 9.98. The number of amides is 1. The number of nitrogens with zero attached hydrogens (tertiary/aromatic N) is 1. The molecule has 2 fully saturated rings. The van der Waals surface area contributed by atoms with Crippen LogP contribution >= 0.6 is 11.6 Å². The molecule has 1 heterocycles. The molecule has 0 radical (unpaired) electrons. The molecule has 2 aliphatic rings. The maximum absolute atomic E-state index is 12.7. The van der Waals surface area contributed by atoms with Crippen molar-refractivity contribution >= 4 is 33.5 Å². The van der Waals surface area contributed by atoms with Crippen molar-refractivity contribution in [3.05, 3.63) is 29.3 Å².